The monoisotopic (exact) mass is 424 g/mol. The van der Waals surface area contributed by atoms with Gasteiger partial charge in [-0.15, -0.1) is 0 Å². The number of carboxylic acids is 1. The molecule has 0 aliphatic heterocycles. The van der Waals surface area contributed by atoms with E-state index < -0.39 is 16.0 Å². The number of carbonyl (C=O) groups is 1. The summed E-state index contributed by atoms with van der Waals surface area (Å²) in [7, 11) is -3.42. The number of sulfonamides is 1. The minimum Gasteiger partial charge on any atom is -0.480 e. The van der Waals surface area contributed by atoms with Crippen LogP contribution in [-0.2, 0) is 21.4 Å². The SMILES string of the molecule is Cc1c(Sc2cccc(Cl)c2)c2cc(NS(C)(=O)=O)ccc2n1CC(=O)O. The standard InChI is InChI=1S/C18H17ClN2O4S2/c1-11-18(26-14-5-3-4-12(19)8-14)15-9-13(20-27(2,24)25)6-7-16(15)21(11)10-17(22)23/h3-9,20H,10H2,1-2H3,(H,22,23). The van der Waals surface area contributed by atoms with Gasteiger partial charge in [0.1, 0.15) is 6.54 Å². The number of rotatable bonds is 6. The summed E-state index contributed by atoms with van der Waals surface area (Å²) in [6, 6.07) is 12.4. The molecule has 142 valence electrons. The predicted molar refractivity (Wildman–Crippen MR) is 108 cm³/mol. The lowest BCUT2D eigenvalue weighted by Gasteiger charge is -2.06. The smallest absolute Gasteiger partial charge is 0.323 e. The van der Waals surface area contributed by atoms with Gasteiger partial charge in [-0.1, -0.05) is 29.4 Å². The molecular weight excluding hydrogens is 408 g/mol. The number of aromatic nitrogens is 1. The second kappa shape index (κ2) is 7.46. The van der Waals surface area contributed by atoms with Crippen LogP contribution in [0.4, 0.5) is 5.69 Å². The molecule has 0 saturated heterocycles. The first kappa shape index (κ1) is 19.6. The molecule has 0 amide bonds. The highest BCUT2D eigenvalue weighted by molar-refractivity contribution is 7.99. The first-order valence-electron chi connectivity index (χ1n) is 7.90. The molecule has 3 rings (SSSR count). The van der Waals surface area contributed by atoms with Gasteiger partial charge >= 0.3 is 5.97 Å². The molecule has 0 bridgehead atoms. The molecule has 0 aliphatic carbocycles. The Labute approximate surface area is 166 Å². The maximum absolute atomic E-state index is 11.6. The summed E-state index contributed by atoms with van der Waals surface area (Å²) in [5.41, 5.74) is 1.93. The summed E-state index contributed by atoms with van der Waals surface area (Å²) in [4.78, 5) is 13.1. The van der Waals surface area contributed by atoms with Crippen LogP contribution in [-0.4, -0.2) is 30.3 Å². The summed E-state index contributed by atoms with van der Waals surface area (Å²) in [6.45, 7) is 1.66. The second-order valence-corrected chi connectivity index (χ2v) is 9.33. The van der Waals surface area contributed by atoms with Crippen molar-refractivity contribution < 1.29 is 18.3 Å². The van der Waals surface area contributed by atoms with E-state index in [1.807, 2.05) is 25.1 Å². The van der Waals surface area contributed by atoms with Crippen LogP contribution in [0.15, 0.2) is 52.3 Å². The molecule has 0 aliphatic rings. The molecular formula is C18H17ClN2O4S2. The molecule has 0 saturated carbocycles. The molecule has 0 atom stereocenters. The third-order valence-electron chi connectivity index (χ3n) is 3.88. The summed E-state index contributed by atoms with van der Waals surface area (Å²) < 4.78 is 27.3. The van der Waals surface area contributed by atoms with E-state index in [-0.39, 0.29) is 6.54 Å². The fourth-order valence-corrected chi connectivity index (χ4v) is 4.75. The van der Waals surface area contributed by atoms with Gasteiger partial charge in [-0.25, -0.2) is 8.42 Å². The number of nitrogens with zero attached hydrogens (tertiary/aromatic N) is 1. The number of hydrogen-bond donors (Lipinski definition) is 2. The minimum absolute atomic E-state index is 0.183. The number of nitrogens with one attached hydrogen (secondary N) is 1. The van der Waals surface area contributed by atoms with Gasteiger partial charge in [-0.3, -0.25) is 9.52 Å². The molecule has 2 N–H and O–H groups in total. The van der Waals surface area contributed by atoms with Crippen molar-refractivity contribution in [3.63, 3.8) is 0 Å². The van der Waals surface area contributed by atoms with Crippen LogP contribution in [0.25, 0.3) is 10.9 Å². The number of benzene rings is 2. The highest BCUT2D eigenvalue weighted by Crippen LogP contribution is 2.40. The van der Waals surface area contributed by atoms with Crippen molar-refractivity contribution in [3.8, 4) is 0 Å². The predicted octanol–water partition coefficient (Wildman–Crippen LogP) is 4.21. The van der Waals surface area contributed by atoms with Gasteiger partial charge in [0.2, 0.25) is 10.0 Å². The van der Waals surface area contributed by atoms with Crippen molar-refractivity contribution in [2.75, 3.05) is 11.0 Å². The van der Waals surface area contributed by atoms with Crippen molar-refractivity contribution in [2.24, 2.45) is 0 Å². The van der Waals surface area contributed by atoms with Gasteiger partial charge in [0.05, 0.1) is 11.8 Å². The van der Waals surface area contributed by atoms with Crippen LogP contribution in [0.5, 0.6) is 0 Å². The molecule has 0 radical (unpaired) electrons. The molecule has 0 fully saturated rings. The van der Waals surface area contributed by atoms with Crippen molar-refractivity contribution in [3.05, 3.63) is 53.2 Å². The van der Waals surface area contributed by atoms with Gasteiger partial charge in [-0.05, 0) is 43.3 Å². The van der Waals surface area contributed by atoms with E-state index in [2.05, 4.69) is 4.72 Å². The van der Waals surface area contributed by atoms with Gasteiger partial charge in [0.15, 0.2) is 0 Å². The Hall–Kier alpha value is -2.16. The minimum atomic E-state index is -3.42. The van der Waals surface area contributed by atoms with Crippen molar-refractivity contribution in [2.45, 2.75) is 23.3 Å². The molecule has 2 aromatic carbocycles. The van der Waals surface area contributed by atoms with Gasteiger partial charge in [0.25, 0.3) is 0 Å². The van der Waals surface area contributed by atoms with E-state index in [0.717, 1.165) is 32.6 Å². The Morgan fingerprint density at radius 2 is 2.00 bits per heavy atom. The topological polar surface area (TPSA) is 88.4 Å². The molecule has 6 nitrogen and oxygen atoms in total. The molecule has 9 heteroatoms. The maximum Gasteiger partial charge on any atom is 0.323 e. The first-order valence-corrected chi connectivity index (χ1v) is 11.0. The Morgan fingerprint density at radius 1 is 1.26 bits per heavy atom. The zero-order chi connectivity index (χ0) is 19.8. The third kappa shape index (κ3) is 4.58. The van der Waals surface area contributed by atoms with Crippen LogP contribution >= 0.6 is 23.4 Å². The number of aliphatic carboxylic acids is 1. The lowest BCUT2D eigenvalue weighted by Crippen LogP contribution is -2.10. The number of halogens is 1. The lowest BCUT2D eigenvalue weighted by atomic mass is 10.2. The van der Waals surface area contributed by atoms with E-state index in [0.29, 0.717) is 10.7 Å². The van der Waals surface area contributed by atoms with E-state index in [9.17, 15) is 18.3 Å². The molecule has 27 heavy (non-hydrogen) atoms. The van der Waals surface area contributed by atoms with E-state index in [4.69, 9.17) is 11.6 Å². The molecule has 3 aromatic rings. The number of fused-ring (bicyclic) bond motifs is 1. The second-order valence-electron chi connectivity index (χ2n) is 6.06. The highest BCUT2D eigenvalue weighted by atomic mass is 35.5. The first-order chi connectivity index (χ1) is 12.6. The Balaban J connectivity index is 2.17. The van der Waals surface area contributed by atoms with E-state index >= 15 is 0 Å². The molecule has 1 aromatic heterocycles. The Morgan fingerprint density at radius 3 is 2.63 bits per heavy atom. The normalized spacial score (nSPS) is 11.7. The zero-order valence-corrected chi connectivity index (χ0v) is 17.0. The summed E-state index contributed by atoms with van der Waals surface area (Å²) in [5, 5.41) is 10.6. The van der Waals surface area contributed by atoms with Crippen molar-refractivity contribution >= 4 is 55.9 Å². The van der Waals surface area contributed by atoms with Crippen molar-refractivity contribution in [1.82, 2.24) is 4.57 Å². The van der Waals surface area contributed by atoms with Gasteiger partial charge in [-0.2, -0.15) is 0 Å². The lowest BCUT2D eigenvalue weighted by molar-refractivity contribution is -0.137. The molecule has 0 spiro atoms. The number of hydrogen-bond acceptors (Lipinski definition) is 4. The molecule has 1 heterocycles. The maximum atomic E-state index is 11.6. The average molecular weight is 425 g/mol. The summed E-state index contributed by atoms with van der Waals surface area (Å²) >= 11 is 7.53. The van der Waals surface area contributed by atoms with Crippen LogP contribution < -0.4 is 4.72 Å². The van der Waals surface area contributed by atoms with Gasteiger partial charge in [0, 0.05) is 31.6 Å². The number of anilines is 1. The fraction of sp³-hybridized carbons (Fsp3) is 0.167. The Bertz CT molecular complexity index is 1140. The van der Waals surface area contributed by atoms with Gasteiger partial charge < -0.3 is 9.67 Å². The summed E-state index contributed by atoms with van der Waals surface area (Å²) in [6.07, 6.45) is 1.08. The van der Waals surface area contributed by atoms with Crippen LogP contribution in [0.1, 0.15) is 5.69 Å². The van der Waals surface area contributed by atoms with Crippen LogP contribution in [0.3, 0.4) is 0 Å². The quantitative estimate of drug-likeness (QED) is 0.618. The fourth-order valence-electron chi connectivity index (χ4n) is 2.85. The third-order valence-corrected chi connectivity index (χ3v) is 5.93. The van der Waals surface area contributed by atoms with E-state index in [1.165, 1.54) is 11.8 Å². The van der Waals surface area contributed by atoms with Crippen molar-refractivity contribution in [1.29, 1.82) is 0 Å². The van der Waals surface area contributed by atoms with Crippen LogP contribution in [0.2, 0.25) is 5.02 Å². The summed E-state index contributed by atoms with van der Waals surface area (Å²) in [5.74, 6) is -0.951. The van der Waals surface area contributed by atoms with Crippen LogP contribution in [0, 0.1) is 6.92 Å². The average Bonchev–Trinajstić information content (AvgIpc) is 2.78. The molecule has 0 unspecified atom stereocenters. The zero-order valence-electron chi connectivity index (χ0n) is 14.6. The largest absolute Gasteiger partial charge is 0.480 e. The highest BCUT2D eigenvalue weighted by Gasteiger charge is 2.18. The number of carboxylic acid groups (broad SMARTS) is 1. The van der Waals surface area contributed by atoms with E-state index in [1.54, 1.807) is 28.8 Å². The Kier molecular flexibility index (Phi) is 5.41.